The summed E-state index contributed by atoms with van der Waals surface area (Å²) in [5.74, 6) is -1.01. The Labute approximate surface area is 96.2 Å². The summed E-state index contributed by atoms with van der Waals surface area (Å²) in [4.78, 5) is 21.8. The van der Waals surface area contributed by atoms with Crippen molar-refractivity contribution in [3.05, 3.63) is 5.89 Å². The molecule has 1 heterocycles. The van der Waals surface area contributed by atoms with E-state index >= 15 is 0 Å². The molecule has 0 spiro atoms. The van der Waals surface area contributed by atoms with Crippen LogP contribution in [0.3, 0.4) is 0 Å². The van der Waals surface area contributed by atoms with E-state index < -0.39 is 24.3 Å². The van der Waals surface area contributed by atoms with E-state index in [1.54, 1.807) is 0 Å². The van der Waals surface area contributed by atoms with Gasteiger partial charge in [-0.25, -0.2) is 0 Å². The number of aromatic nitrogens is 2. The number of carbonyl (C=O) groups excluding carboxylic acids is 1. The second-order valence-electron chi connectivity index (χ2n) is 3.91. The van der Waals surface area contributed by atoms with Crippen LogP contribution < -0.4 is 11.1 Å². The SMILES string of the molecule is NC(CC(=O)O)C(=O)Nc1nnc(C2CC2)o1. The molecule has 8 nitrogen and oxygen atoms in total. The molecule has 1 fully saturated rings. The van der Waals surface area contributed by atoms with Gasteiger partial charge in [0.1, 0.15) is 0 Å². The first-order chi connectivity index (χ1) is 8.06. The van der Waals surface area contributed by atoms with Crippen LogP contribution >= 0.6 is 0 Å². The minimum Gasteiger partial charge on any atom is -0.481 e. The Bertz CT molecular complexity index is 440. The van der Waals surface area contributed by atoms with Gasteiger partial charge in [0.15, 0.2) is 0 Å². The molecule has 1 aliphatic carbocycles. The molecule has 0 radical (unpaired) electrons. The van der Waals surface area contributed by atoms with Crippen LogP contribution in [0.2, 0.25) is 0 Å². The van der Waals surface area contributed by atoms with Crippen molar-refractivity contribution in [1.29, 1.82) is 0 Å². The van der Waals surface area contributed by atoms with E-state index in [0.29, 0.717) is 11.8 Å². The number of anilines is 1. The van der Waals surface area contributed by atoms with Gasteiger partial charge in [0.25, 0.3) is 0 Å². The standard InChI is InChI=1S/C9H12N4O4/c10-5(3-6(14)15)7(16)11-9-13-12-8(17-9)4-1-2-4/h4-5H,1-3,10H2,(H,14,15)(H,11,13,16). The van der Waals surface area contributed by atoms with Gasteiger partial charge in [0.05, 0.1) is 12.5 Å². The Morgan fingerprint density at radius 2 is 2.24 bits per heavy atom. The second-order valence-corrected chi connectivity index (χ2v) is 3.91. The molecule has 0 bridgehead atoms. The van der Waals surface area contributed by atoms with Crippen molar-refractivity contribution in [3.63, 3.8) is 0 Å². The second kappa shape index (κ2) is 4.50. The Morgan fingerprint density at radius 3 is 2.82 bits per heavy atom. The molecule has 0 aromatic carbocycles. The van der Waals surface area contributed by atoms with Gasteiger partial charge in [-0.05, 0) is 12.8 Å². The van der Waals surface area contributed by atoms with Gasteiger partial charge in [-0.1, -0.05) is 5.10 Å². The molecule has 2 rings (SSSR count). The lowest BCUT2D eigenvalue weighted by molar-refractivity contribution is -0.138. The minimum absolute atomic E-state index is 0.0438. The van der Waals surface area contributed by atoms with E-state index in [2.05, 4.69) is 15.5 Å². The van der Waals surface area contributed by atoms with E-state index in [-0.39, 0.29) is 6.01 Å². The third kappa shape index (κ3) is 3.00. The fourth-order valence-electron chi connectivity index (χ4n) is 1.26. The van der Waals surface area contributed by atoms with Crippen LogP contribution in [0.25, 0.3) is 0 Å². The molecule has 92 valence electrons. The van der Waals surface area contributed by atoms with Crippen molar-refractivity contribution in [3.8, 4) is 0 Å². The highest BCUT2D eigenvalue weighted by molar-refractivity contribution is 5.95. The first-order valence-corrected chi connectivity index (χ1v) is 5.18. The van der Waals surface area contributed by atoms with Crippen LogP contribution in [-0.2, 0) is 9.59 Å². The Hall–Kier alpha value is -1.96. The number of carboxylic acid groups (broad SMARTS) is 1. The number of hydrogen-bond donors (Lipinski definition) is 3. The summed E-state index contributed by atoms with van der Waals surface area (Å²) in [6, 6.07) is -1.18. The van der Waals surface area contributed by atoms with Gasteiger partial charge >= 0.3 is 12.0 Å². The predicted molar refractivity (Wildman–Crippen MR) is 55.1 cm³/mol. The van der Waals surface area contributed by atoms with E-state index in [0.717, 1.165) is 12.8 Å². The van der Waals surface area contributed by atoms with Crippen molar-refractivity contribution < 1.29 is 19.1 Å². The zero-order valence-electron chi connectivity index (χ0n) is 8.92. The maximum atomic E-state index is 11.4. The molecule has 1 aromatic rings. The molecular weight excluding hydrogens is 228 g/mol. The monoisotopic (exact) mass is 240 g/mol. The lowest BCUT2D eigenvalue weighted by Crippen LogP contribution is -2.37. The van der Waals surface area contributed by atoms with Crippen LogP contribution in [0.1, 0.15) is 31.1 Å². The summed E-state index contributed by atoms with van der Waals surface area (Å²) in [6.45, 7) is 0. The Morgan fingerprint density at radius 1 is 1.53 bits per heavy atom. The van der Waals surface area contributed by atoms with Crippen LogP contribution in [0.15, 0.2) is 4.42 Å². The highest BCUT2D eigenvalue weighted by Crippen LogP contribution is 2.39. The third-order valence-electron chi connectivity index (χ3n) is 2.33. The van der Waals surface area contributed by atoms with E-state index in [9.17, 15) is 9.59 Å². The van der Waals surface area contributed by atoms with Gasteiger partial charge < -0.3 is 15.3 Å². The van der Waals surface area contributed by atoms with E-state index in [4.69, 9.17) is 15.3 Å². The summed E-state index contributed by atoms with van der Waals surface area (Å²) in [5, 5.41) is 18.1. The molecule has 4 N–H and O–H groups in total. The summed E-state index contributed by atoms with van der Waals surface area (Å²) in [7, 11) is 0. The summed E-state index contributed by atoms with van der Waals surface area (Å²) < 4.78 is 5.18. The summed E-state index contributed by atoms with van der Waals surface area (Å²) in [6.07, 6.45) is 1.57. The first-order valence-electron chi connectivity index (χ1n) is 5.18. The predicted octanol–water partition coefficient (Wildman–Crippen LogP) is -0.313. The van der Waals surface area contributed by atoms with Gasteiger partial charge in [0.2, 0.25) is 11.8 Å². The molecule has 1 saturated carbocycles. The quantitative estimate of drug-likeness (QED) is 0.643. The number of nitrogens with one attached hydrogen (secondary N) is 1. The Kier molecular flexibility index (Phi) is 3.05. The average Bonchev–Trinajstić information content (AvgIpc) is 2.99. The first kappa shape index (κ1) is 11.5. The highest BCUT2D eigenvalue weighted by atomic mass is 16.4. The minimum atomic E-state index is -1.14. The number of carboxylic acids is 1. The number of nitrogens with zero attached hydrogens (tertiary/aromatic N) is 2. The van der Waals surface area contributed by atoms with Gasteiger partial charge in [0, 0.05) is 5.92 Å². The van der Waals surface area contributed by atoms with Crippen LogP contribution in [0, 0.1) is 0 Å². The average molecular weight is 240 g/mol. The maximum Gasteiger partial charge on any atom is 0.322 e. The Balaban J connectivity index is 1.90. The lowest BCUT2D eigenvalue weighted by Gasteiger charge is -2.06. The lowest BCUT2D eigenvalue weighted by atomic mass is 10.2. The number of aliphatic carboxylic acids is 1. The molecule has 0 saturated heterocycles. The normalized spacial score (nSPS) is 16.5. The molecule has 1 atom stereocenters. The van der Waals surface area contributed by atoms with Crippen LogP contribution in [-0.4, -0.2) is 33.2 Å². The molecule has 1 unspecified atom stereocenters. The molecular formula is C9H12N4O4. The van der Waals surface area contributed by atoms with Gasteiger partial charge in [-0.15, -0.1) is 5.10 Å². The number of nitrogens with two attached hydrogens (primary N) is 1. The zero-order chi connectivity index (χ0) is 12.4. The van der Waals surface area contributed by atoms with Crippen molar-refractivity contribution >= 4 is 17.9 Å². The fraction of sp³-hybridized carbons (Fsp3) is 0.556. The molecule has 1 aliphatic rings. The molecule has 0 aliphatic heterocycles. The van der Waals surface area contributed by atoms with Crippen molar-refractivity contribution in [2.24, 2.45) is 5.73 Å². The van der Waals surface area contributed by atoms with Crippen molar-refractivity contribution in [2.75, 3.05) is 5.32 Å². The molecule has 17 heavy (non-hydrogen) atoms. The largest absolute Gasteiger partial charge is 0.481 e. The van der Waals surface area contributed by atoms with E-state index in [1.165, 1.54) is 0 Å². The summed E-state index contributed by atoms with van der Waals surface area (Å²) >= 11 is 0. The molecule has 1 amide bonds. The van der Waals surface area contributed by atoms with Crippen LogP contribution in [0.4, 0.5) is 6.01 Å². The number of amides is 1. The highest BCUT2D eigenvalue weighted by Gasteiger charge is 2.30. The maximum absolute atomic E-state index is 11.4. The zero-order valence-corrected chi connectivity index (χ0v) is 8.92. The number of carbonyl (C=O) groups is 2. The van der Waals surface area contributed by atoms with Gasteiger partial charge in [-0.3, -0.25) is 14.9 Å². The third-order valence-corrected chi connectivity index (χ3v) is 2.33. The number of rotatable bonds is 5. The number of hydrogen-bond acceptors (Lipinski definition) is 6. The smallest absolute Gasteiger partial charge is 0.322 e. The summed E-state index contributed by atoms with van der Waals surface area (Å²) in [5.41, 5.74) is 5.36. The topological polar surface area (TPSA) is 131 Å². The fourth-order valence-corrected chi connectivity index (χ4v) is 1.26. The molecule has 8 heteroatoms. The van der Waals surface area contributed by atoms with Crippen molar-refractivity contribution in [1.82, 2.24) is 10.2 Å². The van der Waals surface area contributed by atoms with E-state index in [1.807, 2.05) is 0 Å². The van der Waals surface area contributed by atoms with Crippen molar-refractivity contribution in [2.45, 2.75) is 31.2 Å². The molecule has 1 aromatic heterocycles. The van der Waals surface area contributed by atoms with Crippen LogP contribution in [0.5, 0.6) is 0 Å². The van der Waals surface area contributed by atoms with Gasteiger partial charge in [-0.2, -0.15) is 0 Å².